The van der Waals surface area contributed by atoms with Crippen LogP contribution >= 0.6 is 0 Å². The predicted molar refractivity (Wildman–Crippen MR) is 106 cm³/mol. The van der Waals surface area contributed by atoms with Crippen LogP contribution in [0.1, 0.15) is 49.7 Å². The summed E-state index contributed by atoms with van der Waals surface area (Å²) < 4.78 is 0. The molecule has 0 saturated heterocycles. The van der Waals surface area contributed by atoms with Gasteiger partial charge in [0.15, 0.2) is 5.96 Å². The molecule has 1 atom stereocenters. The van der Waals surface area contributed by atoms with E-state index >= 15 is 0 Å². The Morgan fingerprint density at radius 2 is 1.73 bits per heavy atom. The van der Waals surface area contributed by atoms with Gasteiger partial charge in [0, 0.05) is 26.2 Å². The molecule has 2 aliphatic carbocycles. The van der Waals surface area contributed by atoms with E-state index < -0.39 is 0 Å². The van der Waals surface area contributed by atoms with Crippen LogP contribution in [0.3, 0.4) is 0 Å². The second-order valence-electron chi connectivity index (χ2n) is 7.79. The summed E-state index contributed by atoms with van der Waals surface area (Å²) in [6.45, 7) is 0.193. The molecular formula is C21H32N4O. The van der Waals surface area contributed by atoms with Crippen LogP contribution < -0.4 is 10.6 Å². The van der Waals surface area contributed by atoms with Crippen molar-refractivity contribution < 1.29 is 4.79 Å². The lowest BCUT2D eigenvalue weighted by molar-refractivity contribution is -0.127. The van der Waals surface area contributed by atoms with Crippen LogP contribution in [0.4, 0.5) is 0 Å². The van der Waals surface area contributed by atoms with E-state index in [1.807, 2.05) is 0 Å². The van der Waals surface area contributed by atoms with E-state index in [0.29, 0.717) is 12.1 Å². The number of carbonyl (C=O) groups is 1. The molecule has 0 heterocycles. The van der Waals surface area contributed by atoms with Crippen molar-refractivity contribution in [3.8, 4) is 0 Å². The molecule has 1 saturated carbocycles. The van der Waals surface area contributed by atoms with Crippen LogP contribution in [0.25, 0.3) is 0 Å². The lowest BCUT2D eigenvalue weighted by Gasteiger charge is -2.30. The smallest absolute Gasteiger partial charge is 0.243 e. The van der Waals surface area contributed by atoms with Gasteiger partial charge in [-0.05, 0) is 43.2 Å². The number of carbonyl (C=O) groups excluding carboxylic acids is 1. The summed E-state index contributed by atoms with van der Waals surface area (Å²) in [6, 6.07) is 9.54. The monoisotopic (exact) mass is 356 g/mol. The number of amides is 1. The number of aryl methyl sites for hydroxylation is 1. The predicted octanol–water partition coefficient (Wildman–Crippen LogP) is 2.50. The maximum Gasteiger partial charge on any atom is 0.243 e. The average Bonchev–Trinajstić information content (AvgIpc) is 2.66. The topological polar surface area (TPSA) is 56.7 Å². The standard InChI is InChI=1S/C21H32N4O/c1-25(2)20(26)15-22-21(23-18-10-4-3-5-11-18)24-19-13-12-16-8-6-7-9-17(16)14-19/h6-9,18-19H,3-5,10-15H2,1-2H3,(H2,22,23,24). The van der Waals surface area contributed by atoms with E-state index in [2.05, 4.69) is 39.9 Å². The molecule has 2 N–H and O–H groups in total. The zero-order chi connectivity index (χ0) is 18.4. The van der Waals surface area contributed by atoms with Gasteiger partial charge in [-0.25, -0.2) is 4.99 Å². The first-order valence-corrected chi connectivity index (χ1v) is 9.96. The van der Waals surface area contributed by atoms with Crippen LogP contribution in [0.15, 0.2) is 29.3 Å². The minimum atomic E-state index is 0.0312. The van der Waals surface area contributed by atoms with Crippen LogP contribution in [0, 0.1) is 0 Å². The molecule has 1 amide bonds. The van der Waals surface area contributed by atoms with Crippen molar-refractivity contribution in [3.05, 3.63) is 35.4 Å². The number of benzene rings is 1. The number of aliphatic imine (C=N–C) groups is 1. The molecule has 0 spiro atoms. The van der Waals surface area contributed by atoms with Gasteiger partial charge in [-0.15, -0.1) is 0 Å². The fourth-order valence-electron chi connectivity index (χ4n) is 3.88. The minimum Gasteiger partial charge on any atom is -0.354 e. The summed E-state index contributed by atoms with van der Waals surface area (Å²) in [5.74, 6) is 0.834. The summed E-state index contributed by atoms with van der Waals surface area (Å²) in [5, 5.41) is 7.20. The molecule has 1 aromatic rings. The molecule has 142 valence electrons. The first kappa shape index (κ1) is 18.7. The van der Waals surface area contributed by atoms with Gasteiger partial charge in [-0.2, -0.15) is 0 Å². The molecule has 3 rings (SSSR count). The Morgan fingerprint density at radius 3 is 2.46 bits per heavy atom. The van der Waals surface area contributed by atoms with Crippen LogP contribution in [0.5, 0.6) is 0 Å². The van der Waals surface area contributed by atoms with Crippen molar-refractivity contribution in [2.24, 2.45) is 4.99 Å². The molecule has 0 radical (unpaired) electrons. The van der Waals surface area contributed by atoms with Gasteiger partial charge in [-0.1, -0.05) is 43.5 Å². The molecule has 5 nitrogen and oxygen atoms in total. The Bertz CT molecular complexity index is 635. The van der Waals surface area contributed by atoms with Gasteiger partial charge >= 0.3 is 0 Å². The molecule has 0 bridgehead atoms. The van der Waals surface area contributed by atoms with Crippen molar-refractivity contribution in [2.45, 2.75) is 63.5 Å². The van der Waals surface area contributed by atoms with Gasteiger partial charge in [0.25, 0.3) is 0 Å². The van der Waals surface area contributed by atoms with Gasteiger partial charge in [0.2, 0.25) is 5.91 Å². The fraction of sp³-hybridized carbons (Fsp3) is 0.619. The van der Waals surface area contributed by atoms with Gasteiger partial charge in [0.05, 0.1) is 0 Å². The van der Waals surface area contributed by atoms with E-state index in [0.717, 1.165) is 25.2 Å². The largest absolute Gasteiger partial charge is 0.354 e. The van der Waals surface area contributed by atoms with E-state index in [1.54, 1.807) is 19.0 Å². The van der Waals surface area contributed by atoms with Crippen molar-refractivity contribution >= 4 is 11.9 Å². The SMILES string of the molecule is CN(C)C(=O)CN=C(NC1CCCCC1)NC1CCc2ccccc2C1. The maximum atomic E-state index is 12.0. The molecule has 2 aliphatic rings. The van der Waals surface area contributed by atoms with E-state index in [4.69, 9.17) is 0 Å². The van der Waals surface area contributed by atoms with Crippen LogP contribution in [-0.2, 0) is 17.6 Å². The Labute approximate surface area is 157 Å². The molecule has 1 aromatic carbocycles. The highest BCUT2D eigenvalue weighted by Gasteiger charge is 2.21. The molecule has 0 aliphatic heterocycles. The molecular weight excluding hydrogens is 324 g/mol. The average molecular weight is 357 g/mol. The normalized spacial score (nSPS) is 21.0. The lowest BCUT2D eigenvalue weighted by Crippen LogP contribution is -2.49. The number of likely N-dealkylation sites (N-methyl/N-ethyl adjacent to an activating group) is 1. The minimum absolute atomic E-state index is 0.0312. The number of hydrogen-bond donors (Lipinski definition) is 2. The Balaban J connectivity index is 1.64. The van der Waals surface area contributed by atoms with E-state index in [9.17, 15) is 4.79 Å². The Kier molecular flexibility index (Phi) is 6.53. The van der Waals surface area contributed by atoms with E-state index in [1.165, 1.54) is 43.2 Å². The Morgan fingerprint density at radius 1 is 1.04 bits per heavy atom. The van der Waals surface area contributed by atoms with Gasteiger partial charge in [0.1, 0.15) is 6.54 Å². The quantitative estimate of drug-likeness (QED) is 0.644. The second-order valence-corrected chi connectivity index (χ2v) is 7.79. The highest BCUT2D eigenvalue weighted by atomic mass is 16.2. The third kappa shape index (κ3) is 5.23. The van der Waals surface area contributed by atoms with Crippen LogP contribution in [0.2, 0.25) is 0 Å². The van der Waals surface area contributed by atoms with Crippen molar-refractivity contribution in [1.82, 2.24) is 15.5 Å². The second kappa shape index (κ2) is 9.06. The van der Waals surface area contributed by atoms with Crippen molar-refractivity contribution in [2.75, 3.05) is 20.6 Å². The lowest BCUT2D eigenvalue weighted by atomic mass is 9.88. The first-order valence-electron chi connectivity index (χ1n) is 9.96. The fourth-order valence-corrected chi connectivity index (χ4v) is 3.88. The van der Waals surface area contributed by atoms with Crippen molar-refractivity contribution in [1.29, 1.82) is 0 Å². The summed E-state index contributed by atoms with van der Waals surface area (Å²) in [5.41, 5.74) is 2.89. The zero-order valence-corrected chi connectivity index (χ0v) is 16.1. The maximum absolute atomic E-state index is 12.0. The van der Waals surface area contributed by atoms with Crippen molar-refractivity contribution in [3.63, 3.8) is 0 Å². The zero-order valence-electron chi connectivity index (χ0n) is 16.1. The number of nitrogens with one attached hydrogen (secondary N) is 2. The molecule has 0 aromatic heterocycles. The number of rotatable bonds is 4. The first-order chi connectivity index (χ1) is 12.6. The summed E-state index contributed by atoms with van der Waals surface area (Å²) in [4.78, 5) is 18.1. The third-order valence-electron chi connectivity index (χ3n) is 5.50. The molecule has 1 fully saturated rings. The highest BCUT2D eigenvalue weighted by molar-refractivity contribution is 5.85. The number of guanidine groups is 1. The number of hydrogen-bond acceptors (Lipinski definition) is 2. The summed E-state index contributed by atoms with van der Waals surface area (Å²) in [6.07, 6.45) is 9.48. The van der Waals surface area contributed by atoms with E-state index in [-0.39, 0.29) is 12.5 Å². The Hall–Kier alpha value is -2.04. The molecule has 1 unspecified atom stereocenters. The number of fused-ring (bicyclic) bond motifs is 1. The summed E-state index contributed by atoms with van der Waals surface area (Å²) >= 11 is 0. The van der Waals surface area contributed by atoms with Crippen LogP contribution in [-0.4, -0.2) is 49.5 Å². The molecule has 5 heteroatoms. The number of nitrogens with zero attached hydrogens (tertiary/aromatic N) is 2. The molecule has 26 heavy (non-hydrogen) atoms. The highest BCUT2D eigenvalue weighted by Crippen LogP contribution is 2.21. The third-order valence-corrected chi connectivity index (χ3v) is 5.50. The van der Waals surface area contributed by atoms with Gasteiger partial charge in [-0.3, -0.25) is 4.79 Å². The summed E-state index contributed by atoms with van der Waals surface area (Å²) in [7, 11) is 3.55. The van der Waals surface area contributed by atoms with Gasteiger partial charge < -0.3 is 15.5 Å².